The first-order valence-electron chi connectivity index (χ1n) is 9.62. The number of benzene rings is 4. The van der Waals surface area contributed by atoms with Crippen LogP contribution in [0.25, 0.3) is 33.7 Å². The summed E-state index contributed by atoms with van der Waals surface area (Å²) in [6.07, 6.45) is 8.36. The van der Waals surface area contributed by atoms with Gasteiger partial charge in [-0.2, -0.15) is 0 Å². The predicted octanol–water partition coefficient (Wildman–Crippen LogP) is 7.51. The Morgan fingerprint density at radius 1 is 0.643 bits per heavy atom. The van der Waals surface area contributed by atoms with Gasteiger partial charge in [0.05, 0.1) is 0 Å². The molecule has 0 aliphatic carbocycles. The average molecular weight is 361 g/mol. The van der Waals surface area contributed by atoms with Crippen molar-refractivity contribution < 1.29 is 0 Å². The lowest BCUT2D eigenvalue weighted by Gasteiger charge is -2.13. The van der Waals surface area contributed by atoms with Gasteiger partial charge < -0.3 is 0 Å². The normalized spacial score (nSPS) is 12.6. The standard InChI is InChI=1S/C27H23N/c1-3-11-22-23-14-7-8-15-24(23)25-16-9-10-17-26(25)27(22)18-19-28-20(2)21-12-5-4-6-13-21/h3-19H,1-2H3/b11-3+,19-18-,28-20?. The zero-order valence-electron chi connectivity index (χ0n) is 16.3. The van der Waals surface area contributed by atoms with Crippen LogP contribution in [0.2, 0.25) is 0 Å². The van der Waals surface area contributed by atoms with E-state index in [-0.39, 0.29) is 0 Å². The van der Waals surface area contributed by atoms with Crippen molar-refractivity contribution in [2.24, 2.45) is 4.99 Å². The lowest BCUT2D eigenvalue weighted by Crippen LogP contribution is -1.92. The van der Waals surface area contributed by atoms with Crippen molar-refractivity contribution >= 4 is 39.4 Å². The summed E-state index contributed by atoms with van der Waals surface area (Å²) in [5.41, 5.74) is 4.59. The zero-order valence-corrected chi connectivity index (χ0v) is 16.3. The molecule has 0 fully saturated rings. The largest absolute Gasteiger partial charge is 0.261 e. The summed E-state index contributed by atoms with van der Waals surface area (Å²) in [6.45, 7) is 4.11. The summed E-state index contributed by atoms with van der Waals surface area (Å²) in [5.74, 6) is 0. The highest BCUT2D eigenvalue weighted by Gasteiger charge is 2.10. The molecule has 0 unspecified atom stereocenters. The van der Waals surface area contributed by atoms with Crippen LogP contribution in [0.3, 0.4) is 0 Å². The van der Waals surface area contributed by atoms with Crippen molar-refractivity contribution in [3.8, 4) is 0 Å². The third-order valence-electron chi connectivity index (χ3n) is 5.05. The monoisotopic (exact) mass is 361 g/mol. The van der Waals surface area contributed by atoms with E-state index in [4.69, 9.17) is 0 Å². The molecule has 0 spiro atoms. The summed E-state index contributed by atoms with van der Waals surface area (Å²) in [7, 11) is 0. The van der Waals surface area contributed by atoms with Crippen molar-refractivity contribution in [1.82, 2.24) is 0 Å². The molecular formula is C27H23N. The van der Waals surface area contributed by atoms with Crippen LogP contribution in [0.4, 0.5) is 0 Å². The highest BCUT2D eigenvalue weighted by molar-refractivity contribution is 6.14. The molecule has 0 bridgehead atoms. The fourth-order valence-electron chi connectivity index (χ4n) is 3.70. The van der Waals surface area contributed by atoms with E-state index < -0.39 is 0 Å². The summed E-state index contributed by atoms with van der Waals surface area (Å²) in [4.78, 5) is 4.69. The van der Waals surface area contributed by atoms with Crippen LogP contribution in [0.1, 0.15) is 30.5 Å². The average Bonchev–Trinajstić information content (AvgIpc) is 2.76. The molecule has 1 nitrogen and oxygen atoms in total. The Hall–Kier alpha value is -3.45. The zero-order chi connectivity index (χ0) is 19.3. The smallest absolute Gasteiger partial charge is 0.0444 e. The molecule has 0 radical (unpaired) electrons. The van der Waals surface area contributed by atoms with Crippen molar-refractivity contribution in [3.05, 3.63) is 108 Å². The second-order valence-electron chi connectivity index (χ2n) is 6.81. The Labute approximate surface area is 166 Å². The molecule has 28 heavy (non-hydrogen) atoms. The van der Waals surface area contributed by atoms with Crippen LogP contribution in [0.5, 0.6) is 0 Å². The summed E-state index contributed by atoms with van der Waals surface area (Å²) >= 11 is 0. The van der Waals surface area contributed by atoms with E-state index in [0.29, 0.717) is 0 Å². The third-order valence-corrected chi connectivity index (χ3v) is 5.05. The molecule has 0 aliphatic rings. The van der Waals surface area contributed by atoms with Crippen LogP contribution in [-0.2, 0) is 0 Å². The van der Waals surface area contributed by atoms with Crippen molar-refractivity contribution in [1.29, 1.82) is 0 Å². The molecule has 0 N–H and O–H groups in total. The molecule has 0 amide bonds. The third kappa shape index (κ3) is 3.39. The van der Waals surface area contributed by atoms with Crippen molar-refractivity contribution in [2.75, 3.05) is 0 Å². The van der Waals surface area contributed by atoms with Gasteiger partial charge in [-0.15, -0.1) is 0 Å². The van der Waals surface area contributed by atoms with Gasteiger partial charge in [-0.3, -0.25) is 4.99 Å². The van der Waals surface area contributed by atoms with E-state index in [9.17, 15) is 0 Å². The molecule has 0 aromatic heterocycles. The maximum atomic E-state index is 4.69. The fourth-order valence-corrected chi connectivity index (χ4v) is 3.70. The van der Waals surface area contributed by atoms with Crippen molar-refractivity contribution in [3.63, 3.8) is 0 Å². The van der Waals surface area contributed by atoms with Gasteiger partial charge in [0.2, 0.25) is 0 Å². The minimum Gasteiger partial charge on any atom is -0.261 e. The number of hydrogen-bond donors (Lipinski definition) is 0. The van der Waals surface area contributed by atoms with Crippen LogP contribution in [0, 0.1) is 0 Å². The Morgan fingerprint density at radius 2 is 1.14 bits per heavy atom. The summed E-state index contributed by atoms with van der Waals surface area (Å²) in [6, 6.07) is 27.5. The highest BCUT2D eigenvalue weighted by Crippen LogP contribution is 2.34. The summed E-state index contributed by atoms with van der Waals surface area (Å²) < 4.78 is 0. The Balaban J connectivity index is 1.91. The molecule has 4 aromatic rings. The Kier molecular flexibility index (Phi) is 5.16. The van der Waals surface area contributed by atoms with Gasteiger partial charge >= 0.3 is 0 Å². The van der Waals surface area contributed by atoms with Gasteiger partial charge in [0, 0.05) is 11.9 Å². The van der Waals surface area contributed by atoms with Gasteiger partial charge in [0.1, 0.15) is 0 Å². The van der Waals surface area contributed by atoms with E-state index in [2.05, 4.69) is 90.8 Å². The summed E-state index contributed by atoms with van der Waals surface area (Å²) in [5, 5.41) is 5.07. The SMILES string of the molecule is C/C=C/c1c(/C=C\N=C(C)c2ccccc2)c2ccccc2c2ccccc12. The second kappa shape index (κ2) is 8.06. The topological polar surface area (TPSA) is 12.4 Å². The first kappa shape index (κ1) is 17.9. The minimum atomic E-state index is 1.01. The lowest BCUT2D eigenvalue weighted by atomic mass is 9.91. The molecule has 1 heteroatoms. The molecule has 0 saturated carbocycles. The maximum Gasteiger partial charge on any atom is 0.0444 e. The van der Waals surface area contributed by atoms with Crippen molar-refractivity contribution in [2.45, 2.75) is 13.8 Å². The molecule has 0 heterocycles. The van der Waals surface area contributed by atoms with Gasteiger partial charge in [0.25, 0.3) is 0 Å². The number of hydrogen-bond acceptors (Lipinski definition) is 1. The Morgan fingerprint density at radius 3 is 1.71 bits per heavy atom. The van der Waals surface area contributed by atoms with Crippen LogP contribution < -0.4 is 0 Å². The van der Waals surface area contributed by atoms with Gasteiger partial charge in [-0.25, -0.2) is 0 Å². The number of rotatable bonds is 4. The highest BCUT2D eigenvalue weighted by atomic mass is 14.7. The first-order valence-corrected chi connectivity index (χ1v) is 9.62. The van der Waals surface area contributed by atoms with Gasteiger partial charge in [-0.1, -0.05) is 91.0 Å². The quantitative estimate of drug-likeness (QED) is 0.263. The number of allylic oxidation sites excluding steroid dienone is 1. The van der Waals surface area contributed by atoms with Crippen LogP contribution >= 0.6 is 0 Å². The molecule has 4 rings (SSSR count). The number of fused-ring (bicyclic) bond motifs is 3. The Bertz CT molecular complexity index is 1210. The van der Waals surface area contributed by atoms with E-state index in [1.165, 1.54) is 32.7 Å². The minimum absolute atomic E-state index is 1.01. The molecular weight excluding hydrogens is 338 g/mol. The van der Waals surface area contributed by atoms with Gasteiger partial charge in [-0.05, 0) is 58.2 Å². The van der Waals surface area contributed by atoms with E-state index in [0.717, 1.165) is 11.3 Å². The molecule has 0 saturated heterocycles. The predicted molar refractivity (Wildman–Crippen MR) is 124 cm³/mol. The van der Waals surface area contributed by atoms with Crippen LogP contribution in [-0.4, -0.2) is 5.71 Å². The number of nitrogens with zero attached hydrogens (tertiary/aromatic N) is 1. The van der Waals surface area contributed by atoms with E-state index >= 15 is 0 Å². The van der Waals surface area contributed by atoms with E-state index in [1.807, 2.05) is 31.3 Å². The fraction of sp³-hybridized carbons (Fsp3) is 0.0741. The molecule has 0 atom stereocenters. The lowest BCUT2D eigenvalue weighted by molar-refractivity contribution is 1.51. The first-order chi connectivity index (χ1) is 13.8. The molecule has 0 aliphatic heterocycles. The maximum absolute atomic E-state index is 4.69. The molecule has 4 aromatic carbocycles. The molecule has 136 valence electrons. The van der Waals surface area contributed by atoms with Gasteiger partial charge in [0.15, 0.2) is 0 Å². The van der Waals surface area contributed by atoms with E-state index in [1.54, 1.807) is 0 Å². The second-order valence-corrected chi connectivity index (χ2v) is 6.81. The van der Waals surface area contributed by atoms with Crippen LogP contribution in [0.15, 0.2) is 96.1 Å². The number of aliphatic imine (C=N–C) groups is 1.